The highest BCUT2D eigenvalue weighted by Crippen LogP contribution is 2.47. The molecule has 1 aromatic rings. The Labute approximate surface area is 126 Å². The van der Waals surface area contributed by atoms with Crippen LogP contribution < -0.4 is 5.32 Å². The molecule has 3 nitrogen and oxygen atoms in total. The van der Waals surface area contributed by atoms with E-state index in [1.807, 2.05) is 11.3 Å². The lowest BCUT2D eigenvalue weighted by atomic mass is 9.85. The van der Waals surface area contributed by atoms with Gasteiger partial charge in [-0.3, -0.25) is 0 Å². The molecular formula is C16H26N2OS. The van der Waals surface area contributed by atoms with Crippen LogP contribution in [0.25, 0.3) is 0 Å². The van der Waals surface area contributed by atoms with E-state index in [1.165, 1.54) is 55.6 Å². The summed E-state index contributed by atoms with van der Waals surface area (Å²) in [6.07, 6.45) is 8.87. The van der Waals surface area contributed by atoms with E-state index in [0.717, 1.165) is 19.1 Å². The Bertz CT molecular complexity index is 438. The standard InChI is InChI=1S/C16H26N2OS/c1-3-12-6-5-9-16(12,17-10-11-19-2)15-18-13-7-4-8-14(13)20-15/h12,17H,3-11H2,1-2H3. The third-order valence-electron chi connectivity index (χ3n) is 5.04. The van der Waals surface area contributed by atoms with Gasteiger partial charge >= 0.3 is 0 Å². The number of ether oxygens (including phenoxy) is 1. The normalized spacial score (nSPS) is 29.0. The predicted molar refractivity (Wildman–Crippen MR) is 83.3 cm³/mol. The molecule has 2 atom stereocenters. The fraction of sp³-hybridized carbons (Fsp3) is 0.812. The van der Waals surface area contributed by atoms with Gasteiger partial charge in [-0.2, -0.15) is 0 Å². The van der Waals surface area contributed by atoms with Crippen LogP contribution in [0.2, 0.25) is 0 Å². The lowest BCUT2D eigenvalue weighted by molar-refractivity contribution is 0.167. The van der Waals surface area contributed by atoms with Crippen LogP contribution in [0.15, 0.2) is 0 Å². The smallest absolute Gasteiger partial charge is 0.114 e. The van der Waals surface area contributed by atoms with E-state index in [9.17, 15) is 0 Å². The highest BCUT2D eigenvalue weighted by Gasteiger charge is 2.45. The summed E-state index contributed by atoms with van der Waals surface area (Å²) in [7, 11) is 1.78. The van der Waals surface area contributed by atoms with Crippen molar-refractivity contribution in [2.24, 2.45) is 5.92 Å². The lowest BCUT2D eigenvalue weighted by Gasteiger charge is -2.35. The highest BCUT2D eigenvalue weighted by atomic mass is 32.1. The predicted octanol–water partition coefficient (Wildman–Crippen LogP) is 3.27. The van der Waals surface area contributed by atoms with E-state index >= 15 is 0 Å². The van der Waals surface area contributed by atoms with Gasteiger partial charge < -0.3 is 10.1 Å². The first-order chi connectivity index (χ1) is 9.80. The second-order valence-electron chi connectivity index (χ2n) is 6.13. The highest BCUT2D eigenvalue weighted by molar-refractivity contribution is 7.12. The molecule has 0 amide bonds. The molecular weight excluding hydrogens is 268 g/mol. The summed E-state index contributed by atoms with van der Waals surface area (Å²) < 4.78 is 5.23. The van der Waals surface area contributed by atoms with Crippen molar-refractivity contribution in [1.29, 1.82) is 0 Å². The molecule has 0 aliphatic heterocycles. The molecule has 0 spiro atoms. The second-order valence-corrected chi connectivity index (χ2v) is 7.21. The minimum atomic E-state index is 0.127. The van der Waals surface area contributed by atoms with Gasteiger partial charge in [0.25, 0.3) is 0 Å². The first-order valence-electron chi connectivity index (χ1n) is 8.03. The van der Waals surface area contributed by atoms with Gasteiger partial charge in [-0.15, -0.1) is 11.3 Å². The van der Waals surface area contributed by atoms with Gasteiger partial charge in [0.05, 0.1) is 17.8 Å². The van der Waals surface area contributed by atoms with Crippen molar-refractivity contribution in [3.05, 3.63) is 15.6 Å². The van der Waals surface area contributed by atoms with E-state index in [2.05, 4.69) is 12.2 Å². The van der Waals surface area contributed by atoms with E-state index in [1.54, 1.807) is 12.0 Å². The van der Waals surface area contributed by atoms with Crippen LogP contribution in [0.4, 0.5) is 0 Å². The largest absolute Gasteiger partial charge is 0.383 e. The summed E-state index contributed by atoms with van der Waals surface area (Å²) in [5, 5.41) is 5.19. The van der Waals surface area contributed by atoms with Crippen molar-refractivity contribution in [3.63, 3.8) is 0 Å². The van der Waals surface area contributed by atoms with Crippen molar-refractivity contribution in [2.75, 3.05) is 20.3 Å². The third kappa shape index (κ3) is 2.42. The first kappa shape index (κ1) is 14.5. The van der Waals surface area contributed by atoms with Crippen LogP contribution in [0.3, 0.4) is 0 Å². The SMILES string of the molecule is CCC1CCCC1(NCCOC)c1nc2c(s1)CCC2. The van der Waals surface area contributed by atoms with Gasteiger partial charge in [0.1, 0.15) is 5.01 Å². The number of rotatable bonds is 6. The summed E-state index contributed by atoms with van der Waals surface area (Å²) in [6, 6.07) is 0. The quantitative estimate of drug-likeness (QED) is 0.818. The Morgan fingerprint density at radius 1 is 1.40 bits per heavy atom. The molecule has 2 unspecified atom stereocenters. The molecule has 1 heterocycles. The number of aryl methyl sites for hydroxylation is 2. The van der Waals surface area contributed by atoms with Crippen molar-refractivity contribution in [2.45, 2.75) is 57.4 Å². The van der Waals surface area contributed by atoms with Gasteiger partial charge in [-0.25, -0.2) is 4.98 Å². The topological polar surface area (TPSA) is 34.1 Å². The van der Waals surface area contributed by atoms with E-state index < -0.39 is 0 Å². The molecule has 1 saturated carbocycles. The number of thiazole rings is 1. The molecule has 2 aliphatic rings. The number of methoxy groups -OCH3 is 1. The van der Waals surface area contributed by atoms with Crippen molar-refractivity contribution >= 4 is 11.3 Å². The zero-order valence-electron chi connectivity index (χ0n) is 12.7. The van der Waals surface area contributed by atoms with E-state index in [0.29, 0.717) is 0 Å². The molecule has 0 saturated heterocycles. The molecule has 4 heteroatoms. The lowest BCUT2D eigenvalue weighted by Crippen LogP contribution is -2.46. The summed E-state index contributed by atoms with van der Waals surface area (Å²) in [6.45, 7) is 4.03. The van der Waals surface area contributed by atoms with Gasteiger partial charge in [-0.05, 0) is 38.0 Å². The molecule has 112 valence electrons. The average molecular weight is 294 g/mol. The maximum absolute atomic E-state index is 5.23. The van der Waals surface area contributed by atoms with Crippen LogP contribution in [-0.2, 0) is 23.1 Å². The fourth-order valence-electron chi connectivity index (χ4n) is 3.98. The Hall–Kier alpha value is -0.450. The second kappa shape index (κ2) is 6.12. The van der Waals surface area contributed by atoms with Crippen molar-refractivity contribution in [1.82, 2.24) is 10.3 Å². The van der Waals surface area contributed by atoms with E-state index in [4.69, 9.17) is 9.72 Å². The van der Waals surface area contributed by atoms with E-state index in [-0.39, 0.29) is 5.54 Å². The number of fused-ring (bicyclic) bond motifs is 1. The molecule has 1 N–H and O–H groups in total. The molecule has 1 fully saturated rings. The minimum absolute atomic E-state index is 0.127. The van der Waals surface area contributed by atoms with Crippen LogP contribution in [-0.4, -0.2) is 25.2 Å². The number of nitrogens with zero attached hydrogens (tertiary/aromatic N) is 1. The third-order valence-corrected chi connectivity index (χ3v) is 6.37. The minimum Gasteiger partial charge on any atom is -0.383 e. The Morgan fingerprint density at radius 3 is 3.05 bits per heavy atom. The Morgan fingerprint density at radius 2 is 2.30 bits per heavy atom. The van der Waals surface area contributed by atoms with Crippen LogP contribution in [0, 0.1) is 5.92 Å². The van der Waals surface area contributed by atoms with Crippen LogP contribution >= 0.6 is 11.3 Å². The monoisotopic (exact) mass is 294 g/mol. The molecule has 2 aliphatic carbocycles. The summed E-state index contributed by atoms with van der Waals surface area (Å²) >= 11 is 1.98. The zero-order valence-corrected chi connectivity index (χ0v) is 13.5. The van der Waals surface area contributed by atoms with Crippen LogP contribution in [0.5, 0.6) is 0 Å². The molecule has 0 radical (unpaired) electrons. The van der Waals surface area contributed by atoms with Crippen molar-refractivity contribution < 1.29 is 4.74 Å². The molecule has 20 heavy (non-hydrogen) atoms. The Balaban J connectivity index is 1.87. The number of nitrogens with one attached hydrogen (secondary N) is 1. The number of aromatic nitrogens is 1. The fourth-order valence-corrected chi connectivity index (χ4v) is 5.40. The Kier molecular flexibility index (Phi) is 4.43. The summed E-state index contributed by atoms with van der Waals surface area (Å²) in [4.78, 5) is 6.59. The molecule has 1 aromatic heterocycles. The first-order valence-corrected chi connectivity index (χ1v) is 8.85. The maximum atomic E-state index is 5.23. The molecule has 0 bridgehead atoms. The number of hydrogen-bond donors (Lipinski definition) is 1. The van der Waals surface area contributed by atoms with Crippen LogP contribution in [0.1, 0.15) is 54.6 Å². The summed E-state index contributed by atoms with van der Waals surface area (Å²) in [5.41, 5.74) is 1.52. The van der Waals surface area contributed by atoms with Crippen molar-refractivity contribution in [3.8, 4) is 0 Å². The van der Waals surface area contributed by atoms with Gasteiger partial charge in [-0.1, -0.05) is 19.8 Å². The van der Waals surface area contributed by atoms with Gasteiger partial charge in [0, 0.05) is 18.5 Å². The van der Waals surface area contributed by atoms with Gasteiger partial charge in [0.2, 0.25) is 0 Å². The summed E-state index contributed by atoms with van der Waals surface area (Å²) in [5.74, 6) is 0.727. The average Bonchev–Trinajstić information content (AvgIpc) is 3.12. The zero-order chi connectivity index (χ0) is 14.0. The number of hydrogen-bond acceptors (Lipinski definition) is 4. The van der Waals surface area contributed by atoms with Gasteiger partial charge in [0.15, 0.2) is 0 Å². The molecule has 3 rings (SSSR count). The maximum Gasteiger partial charge on any atom is 0.114 e. The molecule has 0 aromatic carbocycles.